The Hall–Kier alpha value is -1.55. The Kier molecular flexibility index (Phi) is 5.65. The van der Waals surface area contributed by atoms with Crippen LogP contribution in [0.2, 0.25) is 0 Å². The van der Waals surface area contributed by atoms with Crippen molar-refractivity contribution in [2.75, 3.05) is 31.1 Å². The van der Waals surface area contributed by atoms with E-state index in [0.29, 0.717) is 23.5 Å². The van der Waals surface area contributed by atoms with Gasteiger partial charge in [0.2, 0.25) is 0 Å². The number of anilines is 2. The largest absolute Gasteiger partial charge is 0.397 e. The zero-order valence-electron chi connectivity index (χ0n) is 11.3. The number of carbonyl (C=O) groups excluding carboxylic acids is 1. The second-order valence-electron chi connectivity index (χ2n) is 4.54. The summed E-state index contributed by atoms with van der Waals surface area (Å²) < 4.78 is 0. The zero-order valence-corrected chi connectivity index (χ0v) is 11.3. The highest BCUT2D eigenvalue weighted by atomic mass is 16.1. The minimum Gasteiger partial charge on any atom is -0.397 e. The third-order valence-corrected chi connectivity index (χ3v) is 2.86. The van der Waals surface area contributed by atoms with E-state index in [9.17, 15) is 4.79 Å². The molecule has 0 aliphatic rings. The topological polar surface area (TPSA) is 72.3 Å². The van der Waals surface area contributed by atoms with Gasteiger partial charge in [-0.15, -0.1) is 0 Å². The third kappa shape index (κ3) is 4.04. The molecule has 1 aromatic rings. The van der Waals surface area contributed by atoms with Crippen molar-refractivity contribution in [3.05, 3.63) is 23.8 Å². The van der Waals surface area contributed by atoms with Crippen LogP contribution in [-0.4, -0.2) is 30.3 Å². The van der Waals surface area contributed by atoms with Gasteiger partial charge >= 0.3 is 0 Å². The van der Waals surface area contributed by atoms with Gasteiger partial charge in [-0.25, -0.2) is 0 Å². The van der Waals surface area contributed by atoms with Gasteiger partial charge in [0, 0.05) is 5.56 Å². The molecule has 0 amide bonds. The van der Waals surface area contributed by atoms with E-state index in [0.717, 1.165) is 25.9 Å². The van der Waals surface area contributed by atoms with Crippen LogP contribution in [0.25, 0.3) is 0 Å². The van der Waals surface area contributed by atoms with Gasteiger partial charge in [-0.2, -0.15) is 0 Å². The predicted molar refractivity (Wildman–Crippen MR) is 76.6 cm³/mol. The monoisotopic (exact) mass is 249 g/mol. The molecule has 0 saturated heterocycles. The minimum atomic E-state index is 0.101. The molecular formula is C14H23N3O. The van der Waals surface area contributed by atoms with Crippen molar-refractivity contribution in [3.8, 4) is 0 Å². The molecule has 0 heterocycles. The molecule has 0 radical (unpaired) electrons. The van der Waals surface area contributed by atoms with Crippen molar-refractivity contribution in [2.24, 2.45) is 0 Å². The van der Waals surface area contributed by atoms with Gasteiger partial charge in [-0.3, -0.25) is 9.69 Å². The molecule has 0 aliphatic heterocycles. The van der Waals surface area contributed by atoms with E-state index in [4.69, 9.17) is 11.5 Å². The van der Waals surface area contributed by atoms with E-state index in [2.05, 4.69) is 18.7 Å². The maximum absolute atomic E-state index is 12.1. The highest BCUT2D eigenvalue weighted by molar-refractivity contribution is 5.99. The lowest BCUT2D eigenvalue weighted by Gasteiger charge is -2.20. The summed E-state index contributed by atoms with van der Waals surface area (Å²) in [6, 6.07) is 5.09. The van der Waals surface area contributed by atoms with E-state index in [1.54, 1.807) is 18.2 Å². The number of rotatable bonds is 7. The van der Waals surface area contributed by atoms with Crippen molar-refractivity contribution in [3.63, 3.8) is 0 Å². The Labute approximate surface area is 109 Å². The summed E-state index contributed by atoms with van der Waals surface area (Å²) in [4.78, 5) is 14.3. The van der Waals surface area contributed by atoms with Crippen molar-refractivity contribution in [1.82, 2.24) is 4.90 Å². The molecular weight excluding hydrogens is 226 g/mol. The molecule has 1 aromatic carbocycles. The molecule has 0 atom stereocenters. The van der Waals surface area contributed by atoms with E-state index in [1.807, 2.05) is 0 Å². The molecule has 1 rings (SSSR count). The van der Waals surface area contributed by atoms with Gasteiger partial charge in [0.15, 0.2) is 5.78 Å². The SMILES string of the molecule is CCCN(CCC)CC(=O)c1ccc(N)c(N)c1. The van der Waals surface area contributed by atoms with Crippen molar-refractivity contribution in [2.45, 2.75) is 26.7 Å². The molecule has 0 unspecified atom stereocenters. The number of hydrogen-bond donors (Lipinski definition) is 2. The van der Waals surface area contributed by atoms with Crippen LogP contribution >= 0.6 is 0 Å². The summed E-state index contributed by atoms with van der Waals surface area (Å²) in [7, 11) is 0. The molecule has 0 saturated carbocycles. The number of ketones is 1. The van der Waals surface area contributed by atoms with Crippen LogP contribution in [0, 0.1) is 0 Å². The Balaban J connectivity index is 2.70. The summed E-state index contributed by atoms with van der Waals surface area (Å²) in [5.74, 6) is 0.101. The molecule has 4 N–H and O–H groups in total. The van der Waals surface area contributed by atoms with Crippen molar-refractivity contribution >= 4 is 17.2 Å². The second-order valence-corrected chi connectivity index (χ2v) is 4.54. The zero-order chi connectivity index (χ0) is 13.5. The molecule has 0 spiro atoms. The number of nitrogens with two attached hydrogens (primary N) is 2. The van der Waals surface area contributed by atoms with Gasteiger partial charge in [0.05, 0.1) is 17.9 Å². The van der Waals surface area contributed by atoms with Gasteiger partial charge in [0.25, 0.3) is 0 Å². The van der Waals surface area contributed by atoms with Gasteiger partial charge in [-0.05, 0) is 44.1 Å². The Morgan fingerprint density at radius 1 is 1.11 bits per heavy atom. The number of benzene rings is 1. The van der Waals surface area contributed by atoms with E-state index in [-0.39, 0.29) is 5.78 Å². The summed E-state index contributed by atoms with van der Waals surface area (Å²) in [5, 5.41) is 0. The molecule has 0 bridgehead atoms. The molecule has 0 aliphatic carbocycles. The van der Waals surface area contributed by atoms with Gasteiger partial charge in [-0.1, -0.05) is 13.8 Å². The van der Waals surface area contributed by atoms with Gasteiger partial charge < -0.3 is 11.5 Å². The summed E-state index contributed by atoms with van der Waals surface area (Å²) in [5.41, 5.74) is 13.0. The highest BCUT2D eigenvalue weighted by Gasteiger charge is 2.12. The fraction of sp³-hybridized carbons (Fsp3) is 0.500. The van der Waals surface area contributed by atoms with Crippen LogP contribution in [0.5, 0.6) is 0 Å². The molecule has 0 aromatic heterocycles. The van der Waals surface area contributed by atoms with Crippen LogP contribution in [0.15, 0.2) is 18.2 Å². The average Bonchev–Trinajstić information content (AvgIpc) is 2.33. The lowest BCUT2D eigenvalue weighted by atomic mass is 10.1. The summed E-state index contributed by atoms with van der Waals surface area (Å²) >= 11 is 0. The standard InChI is InChI=1S/C14H23N3O/c1-3-7-17(8-4-2)10-14(18)11-5-6-12(15)13(16)9-11/h5-6,9H,3-4,7-8,10,15-16H2,1-2H3. The first-order valence-corrected chi connectivity index (χ1v) is 6.49. The van der Waals surface area contributed by atoms with Crippen LogP contribution in [-0.2, 0) is 0 Å². The van der Waals surface area contributed by atoms with Crippen LogP contribution in [0.4, 0.5) is 11.4 Å². The van der Waals surface area contributed by atoms with Crippen LogP contribution < -0.4 is 11.5 Å². The third-order valence-electron chi connectivity index (χ3n) is 2.86. The van der Waals surface area contributed by atoms with Crippen LogP contribution in [0.1, 0.15) is 37.0 Å². The normalized spacial score (nSPS) is 10.8. The smallest absolute Gasteiger partial charge is 0.176 e. The van der Waals surface area contributed by atoms with E-state index < -0.39 is 0 Å². The number of nitrogens with zero attached hydrogens (tertiary/aromatic N) is 1. The highest BCUT2D eigenvalue weighted by Crippen LogP contribution is 2.16. The van der Waals surface area contributed by atoms with Crippen molar-refractivity contribution in [1.29, 1.82) is 0 Å². The quantitative estimate of drug-likeness (QED) is 0.573. The van der Waals surface area contributed by atoms with Gasteiger partial charge in [0.1, 0.15) is 0 Å². The Morgan fingerprint density at radius 2 is 1.72 bits per heavy atom. The predicted octanol–water partition coefficient (Wildman–Crippen LogP) is 2.16. The first kappa shape index (κ1) is 14.5. The van der Waals surface area contributed by atoms with Crippen molar-refractivity contribution < 1.29 is 4.79 Å². The maximum atomic E-state index is 12.1. The fourth-order valence-corrected chi connectivity index (χ4v) is 1.94. The first-order valence-electron chi connectivity index (χ1n) is 6.49. The lowest BCUT2D eigenvalue weighted by molar-refractivity contribution is 0.0930. The van der Waals surface area contributed by atoms with Crippen LogP contribution in [0.3, 0.4) is 0 Å². The number of hydrogen-bond acceptors (Lipinski definition) is 4. The first-order chi connectivity index (χ1) is 8.58. The minimum absolute atomic E-state index is 0.101. The maximum Gasteiger partial charge on any atom is 0.176 e. The molecule has 4 nitrogen and oxygen atoms in total. The second kappa shape index (κ2) is 7.01. The number of Topliss-reactive ketones (excluding diaryl/α,β-unsaturated/α-hetero) is 1. The number of nitrogen functional groups attached to an aromatic ring is 2. The fourth-order valence-electron chi connectivity index (χ4n) is 1.94. The van der Waals surface area contributed by atoms with E-state index >= 15 is 0 Å². The average molecular weight is 249 g/mol. The molecule has 18 heavy (non-hydrogen) atoms. The molecule has 0 fully saturated rings. The van der Waals surface area contributed by atoms with E-state index in [1.165, 1.54) is 0 Å². The molecule has 4 heteroatoms. The summed E-state index contributed by atoms with van der Waals surface area (Å²) in [6.45, 7) is 6.59. The number of carbonyl (C=O) groups is 1. The Morgan fingerprint density at radius 3 is 2.22 bits per heavy atom. The lowest BCUT2D eigenvalue weighted by Crippen LogP contribution is -2.31. The Bertz CT molecular complexity index is 398. The molecule has 100 valence electrons. The summed E-state index contributed by atoms with van der Waals surface area (Å²) in [6.07, 6.45) is 2.11.